The van der Waals surface area contributed by atoms with E-state index < -0.39 is 0 Å². The minimum Gasteiger partial charge on any atom is -0.346 e. The molecular formula is C18H17ClN6O. The van der Waals surface area contributed by atoms with Crippen LogP contribution in [0.5, 0.6) is 0 Å². The third kappa shape index (κ3) is 2.80. The van der Waals surface area contributed by atoms with E-state index in [1.54, 1.807) is 23.0 Å². The van der Waals surface area contributed by atoms with Gasteiger partial charge in [0.15, 0.2) is 5.65 Å². The van der Waals surface area contributed by atoms with Gasteiger partial charge in [0, 0.05) is 25.1 Å². The molecule has 0 atom stereocenters. The van der Waals surface area contributed by atoms with Crippen LogP contribution in [-0.2, 0) is 13.6 Å². The van der Waals surface area contributed by atoms with Gasteiger partial charge in [-0.3, -0.25) is 9.48 Å². The lowest BCUT2D eigenvalue weighted by Gasteiger charge is -2.06. The van der Waals surface area contributed by atoms with E-state index in [2.05, 4.69) is 20.4 Å². The highest BCUT2D eigenvalue weighted by Gasteiger charge is 2.17. The first-order valence-electron chi connectivity index (χ1n) is 8.14. The maximum absolute atomic E-state index is 12.8. The Morgan fingerprint density at radius 2 is 2.04 bits per heavy atom. The summed E-state index contributed by atoms with van der Waals surface area (Å²) in [6.07, 6.45) is 3.63. The van der Waals surface area contributed by atoms with Crippen molar-refractivity contribution in [2.24, 2.45) is 7.05 Å². The van der Waals surface area contributed by atoms with Crippen LogP contribution >= 0.6 is 11.6 Å². The molecule has 4 rings (SSSR count). The van der Waals surface area contributed by atoms with Crippen molar-refractivity contribution in [3.05, 3.63) is 58.3 Å². The number of hydrogen-bond donors (Lipinski definition) is 1. The van der Waals surface area contributed by atoms with Crippen LogP contribution in [0.3, 0.4) is 0 Å². The summed E-state index contributed by atoms with van der Waals surface area (Å²) < 4.78 is 3.53. The zero-order valence-corrected chi connectivity index (χ0v) is 15.4. The van der Waals surface area contributed by atoms with Gasteiger partial charge < -0.3 is 9.72 Å². The predicted octanol–water partition coefficient (Wildman–Crippen LogP) is 2.82. The van der Waals surface area contributed by atoms with Crippen molar-refractivity contribution in [3.63, 3.8) is 0 Å². The van der Waals surface area contributed by atoms with Crippen molar-refractivity contribution in [1.82, 2.24) is 29.5 Å². The number of nitrogens with zero attached hydrogens (tertiary/aromatic N) is 5. The van der Waals surface area contributed by atoms with Crippen molar-refractivity contribution >= 4 is 34.2 Å². The number of amides is 1. The summed E-state index contributed by atoms with van der Waals surface area (Å²) in [5.41, 5.74) is 4.37. The fraction of sp³-hybridized carbons (Fsp3) is 0.222. The Morgan fingerprint density at radius 1 is 1.23 bits per heavy atom. The third-order valence-electron chi connectivity index (χ3n) is 4.24. The molecule has 0 radical (unpaired) electrons. The summed E-state index contributed by atoms with van der Waals surface area (Å²) in [4.78, 5) is 21.8. The Balaban J connectivity index is 1.63. The van der Waals surface area contributed by atoms with Gasteiger partial charge in [0.1, 0.15) is 5.65 Å². The van der Waals surface area contributed by atoms with E-state index in [-0.39, 0.29) is 5.91 Å². The lowest BCUT2D eigenvalue weighted by molar-refractivity contribution is 0.0952. The van der Waals surface area contributed by atoms with Gasteiger partial charge in [0.25, 0.3) is 5.91 Å². The second-order valence-corrected chi connectivity index (χ2v) is 6.68. The largest absolute Gasteiger partial charge is 0.346 e. The average Bonchev–Trinajstić information content (AvgIpc) is 3.12. The lowest BCUT2D eigenvalue weighted by atomic mass is 10.1. The van der Waals surface area contributed by atoms with Crippen molar-refractivity contribution < 1.29 is 4.79 Å². The molecule has 0 aliphatic rings. The standard InChI is InChI=1S/C18H17ClN6O/c1-10-6-14(16-11(2)23-24(3)17(16)21-10)18(26)20-7-13-9-25-8-12(19)4-5-15(25)22-13/h4-6,8-9H,7H2,1-3H3,(H,20,26). The molecule has 0 aliphatic heterocycles. The number of nitrogens with one attached hydrogen (secondary N) is 1. The highest BCUT2D eigenvalue weighted by atomic mass is 35.5. The zero-order chi connectivity index (χ0) is 18.4. The number of aromatic nitrogens is 5. The third-order valence-corrected chi connectivity index (χ3v) is 4.46. The summed E-state index contributed by atoms with van der Waals surface area (Å²) in [6.45, 7) is 4.06. The van der Waals surface area contributed by atoms with E-state index in [1.807, 2.05) is 37.6 Å². The van der Waals surface area contributed by atoms with E-state index in [0.29, 0.717) is 22.8 Å². The molecule has 26 heavy (non-hydrogen) atoms. The van der Waals surface area contributed by atoms with Crippen LogP contribution in [0.2, 0.25) is 5.02 Å². The molecule has 132 valence electrons. The van der Waals surface area contributed by atoms with Crippen molar-refractivity contribution in [1.29, 1.82) is 0 Å². The predicted molar refractivity (Wildman–Crippen MR) is 99.4 cm³/mol. The van der Waals surface area contributed by atoms with E-state index in [4.69, 9.17) is 11.6 Å². The van der Waals surface area contributed by atoms with Gasteiger partial charge in [0.2, 0.25) is 0 Å². The Labute approximate surface area is 154 Å². The smallest absolute Gasteiger partial charge is 0.252 e. The molecular weight excluding hydrogens is 352 g/mol. The van der Waals surface area contributed by atoms with Crippen LogP contribution < -0.4 is 5.32 Å². The summed E-state index contributed by atoms with van der Waals surface area (Å²) in [5.74, 6) is -0.174. The molecule has 0 aromatic carbocycles. The number of carbonyl (C=O) groups excluding carboxylic acids is 1. The normalized spacial score (nSPS) is 11.4. The van der Waals surface area contributed by atoms with Crippen molar-refractivity contribution in [2.75, 3.05) is 0 Å². The quantitative estimate of drug-likeness (QED) is 0.603. The number of aryl methyl sites for hydroxylation is 3. The molecule has 0 spiro atoms. The van der Waals surface area contributed by atoms with Gasteiger partial charge in [-0.15, -0.1) is 0 Å². The first-order valence-corrected chi connectivity index (χ1v) is 8.52. The second kappa shape index (κ2) is 6.10. The maximum Gasteiger partial charge on any atom is 0.252 e. The molecule has 4 heterocycles. The molecule has 0 aliphatic carbocycles. The van der Waals surface area contributed by atoms with Gasteiger partial charge in [-0.1, -0.05) is 11.6 Å². The second-order valence-electron chi connectivity index (χ2n) is 6.25. The topological polar surface area (TPSA) is 77.1 Å². The van der Waals surface area contributed by atoms with Crippen LogP contribution in [0.4, 0.5) is 0 Å². The van der Waals surface area contributed by atoms with E-state index in [0.717, 1.165) is 28.1 Å². The first kappa shape index (κ1) is 16.5. The van der Waals surface area contributed by atoms with Gasteiger partial charge in [0.05, 0.1) is 33.9 Å². The number of carbonyl (C=O) groups is 1. The van der Waals surface area contributed by atoms with Crippen LogP contribution in [0.25, 0.3) is 16.7 Å². The van der Waals surface area contributed by atoms with E-state index in [9.17, 15) is 4.79 Å². The van der Waals surface area contributed by atoms with Crippen LogP contribution in [-0.4, -0.2) is 30.1 Å². The molecule has 0 saturated carbocycles. The minimum atomic E-state index is -0.174. The first-order chi connectivity index (χ1) is 12.4. The number of fused-ring (bicyclic) bond motifs is 2. The van der Waals surface area contributed by atoms with Crippen molar-refractivity contribution in [2.45, 2.75) is 20.4 Å². The van der Waals surface area contributed by atoms with E-state index in [1.165, 1.54) is 0 Å². The molecule has 0 bridgehead atoms. The molecule has 0 saturated heterocycles. The fourth-order valence-electron chi connectivity index (χ4n) is 3.12. The number of hydrogen-bond acceptors (Lipinski definition) is 4. The molecule has 0 fully saturated rings. The Bertz CT molecular complexity index is 1160. The average molecular weight is 369 g/mol. The summed E-state index contributed by atoms with van der Waals surface area (Å²) in [7, 11) is 1.82. The summed E-state index contributed by atoms with van der Waals surface area (Å²) >= 11 is 5.99. The molecule has 8 heteroatoms. The van der Waals surface area contributed by atoms with Crippen LogP contribution in [0.1, 0.15) is 27.4 Å². The number of pyridine rings is 2. The zero-order valence-electron chi connectivity index (χ0n) is 14.6. The molecule has 1 amide bonds. The molecule has 0 unspecified atom stereocenters. The lowest BCUT2D eigenvalue weighted by Crippen LogP contribution is -2.23. The number of rotatable bonds is 3. The minimum absolute atomic E-state index is 0.174. The van der Waals surface area contributed by atoms with Gasteiger partial charge >= 0.3 is 0 Å². The molecule has 4 aromatic rings. The number of imidazole rings is 1. The Morgan fingerprint density at radius 3 is 2.85 bits per heavy atom. The van der Waals surface area contributed by atoms with Gasteiger partial charge in [-0.05, 0) is 32.0 Å². The highest BCUT2D eigenvalue weighted by molar-refractivity contribution is 6.30. The van der Waals surface area contributed by atoms with Crippen molar-refractivity contribution in [3.8, 4) is 0 Å². The molecule has 4 aromatic heterocycles. The monoisotopic (exact) mass is 368 g/mol. The van der Waals surface area contributed by atoms with Gasteiger partial charge in [-0.2, -0.15) is 5.10 Å². The maximum atomic E-state index is 12.8. The SMILES string of the molecule is Cc1cc(C(=O)NCc2cn3cc(Cl)ccc3n2)c2c(C)nn(C)c2n1. The van der Waals surface area contributed by atoms with E-state index >= 15 is 0 Å². The van der Waals surface area contributed by atoms with Crippen LogP contribution in [0, 0.1) is 13.8 Å². The fourth-order valence-corrected chi connectivity index (χ4v) is 3.29. The summed E-state index contributed by atoms with van der Waals surface area (Å²) in [6, 6.07) is 5.41. The highest BCUT2D eigenvalue weighted by Crippen LogP contribution is 2.21. The number of halogens is 1. The Hall–Kier alpha value is -2.93. The molecule has 1 N–H and O–H groups in total. The van der Waals surface area contributed by atoms with Crippen LogP contribution in [0.15, 0.2) is 30.6 Å². The summed E-state index contributed by atoms with van der Waals surface area (Å²) in [5, 5.41) is 8.72. The Kier molecular flexibility index (Phi) is 3.88. The van der Waals surface area contributed by atoms with Gasteiger partial charge in [-0.25, -0.2) is 9.97 Å². The molecule has 7 nitrogen and oxygen atoms in total.